The van der Waals surface area contributed by atoms with Crippen LogP contribution in [0.4, 0.5) is 5.69 Å². The largest absolute Gasteiger partial charge is 0.483 e. The van der Waals surface area contributed by atoms with Gasteiger partial charge in [0.15, 0.2) is 6.61 Å². The summed E-state index contributed by atoms with van der Waals surface area (Å²) in [5.41, 5.74) is 8.35. The average molecular weight is 298 g/mol. The molecule has 0 atom stereocenters. The highest BCUT2D eigenvalue weighted by atomic mass is 16.5. The normalized spacial score (nSPS) is 10.1. The highest BCUT2D eigenvalue weighted by molar-refractivity contribution is 5.96. The molecule has 114 valence electrons. The molecule has 0 saturated carbocycles. The number of aryl methyl sites for hydroxylation is 2. The molecule has 5 heteroatoms. The summed E-state index contributed by atoms with van der Waals surface area (Å²) in [6.45, 7) is 3.71. The molecule has 5 nitrogen and oxygen atoms in total. The maximum Gasteiger partial charge on any atom is 0.262 e. The zero-order valence-electron chi connectivity index (χ0n) is 12.6. The lowest BCUT2D eigenvalue weighted by molar-refractivity contribution is -0.118. The fraction of sp³-hybridized carbons (Fsp3) is 0.176. The molecule has 0 radical (unpaired) electrons. The van der Waals surface area contributed by atoms with Crippen molar-refractivity contribution in [3.8, 4) is 5.75 Å². The van der Waals surface area contributed by atoms with E-state index < -0.39 is 5.91 Å². The van der Waals surface area contributed by atoms with Crippen molar-refractivity contribution in [2.24, 2.45) is 5.73 Å². The van der Waals surface area contributed by atoms with E-state index in [1.54, 1.807) is 24.3 Å². The van der Waals surface area contributed by atoms with Gasteiger partial charge in [0.2, 0.25) is 0 Å². The molecule has 2 aromatic carbocycles. The maximum atomic E-state index is 12.0. The summed E-state index contributed by atoms with van der Waals surface area (Å²) in [7, 11) is 0. The monoisotopic (exact) mass is 298 g/mol. The van der Waals surface area contributed by atoms with Gasteiger partial charge in [-0.05, 0) is 37.6 Å². The van der Waals surface area contributed by atoms with Gasteiger partial charge >= 0.3 is 0 Å². The van der Waals surface area contributed by atoms with Crippen molar-refractivity contribution in [1.82, 2.24) is 0 Å². The van der Waals surface area contributed by atoms with Crippen LogP contribution in [0.2, 0.25) is 0 Å². The second kappa shape index (κ2) is 6.76. The van der Waals surface area contributed by atoms with Gasteiger partial charge in [-0.1, -0.05) is 29.8 Å². The number of primary amides is 1. The Morgan fingerprint density at radius 1 is 1.14 bits per heavy atom. The molecule has 0 heterocycles. The number of hydrogen-bond acceptors (Lipinski definition) is 3. The second-order valence-electron chi connectivity index (χ2n) is 5.02. The summed E-state index contributed by atoms with van der Waals surface area (Å²) < 4.78 is 5.38. The summed E-state index contributed by atoms with van der Waals surface area (Å²) >= 11 is 0. The molecule has 3 N–H and O–H groups in total. The second-order valence-corrected chi connectivity index (χ2v) is 5.02. The van der Waals surface area contributed by atoms with E-state index in [0.29, 0.717) is 5.75 Å². The minimum atomic E-state index is -0.592. The van der Waals surface area contributed by atoms with Gasteiger partial charge in [-0.3, -0.25) is 9.59 Å². The first-order chi connectivity index (χ1) is 10.5. The van der Waals surface area contributed by atoms with Crippen LogP contribution in [0.1, 0.15) is 21.5 Å². The third-order valence-corrected chi connectivity index (χ3v) is 3.17. The predicted molar refractivity (Wildman–Crippen MR) is 85.0 cm³/mol. The van der Waals surface area contributed by atoms with Gasteiger partial charge in [0.25, 0.3) is 11.8 Å². The van der Waals surface area contributed by atoms with Crippen molar-refractivity contribution < 1.29 is 14.3 Å². The SMILES string of the molecule is Cc1ccc(NC(=O)COc2ccccc2C(N)=O)c(C)c1. The van der Waals surface area contributed by atoms with Crippen molar-refractivity contribution in [2.45, 2.75) is 13.8 Å². The van der Waals surface area contributed by atoms with E-state index in [1.165, 1.54) is 0 Å². The van der Waals surface area contributed by atoms with Gasteiger partial charge in [-0.15, -0.1) is 0 Å². The number of ether oxygens (including phenoxy) is 1. The van der Waals surface area contributed by atoms with Crippen molar-refractivity contribution in [3.05, 3.63) is 59.2 Å². The van der Waals surface area contributed by atoms with Crippen LogP contribution in [-0.4, -0.2) is 18.4 Å². The predicted octanol–water partition coefficient (Wildman–Crippen LogP) is 2.42. The summed E-state index contributed by atoms with van der Waals surface area (Å²) in [6, 6.07) is 12.3. The molecule has 22 heavy (non-hydrogen) atoms. The van der Waals surface area contributed by atoms with Gasteiger partial charge in [-0.2, -0.15) is 0 Å². The summed E-state index contributed by atoms with van der Waals surface area (Å²) in [4.78, 5) is 23.2. The van der Waals surface area contributed by atoms with Crippen LogP contribution >= 0.6 is 0 Å². The number of carbonyl (C=O) groups is 2. The molecular weight excluding hydrogens is 280 g/mol. The topological polar surface area (TPSA) is 81.4 Å². The van der Waals surface area contributed by atoms with Crippen molar-refractivity contribution >= 4 is 17.5 Å². The van der Waals surface area contributed by atoms with Gasteiger partial charge in [-0.25, -0.2) is 0 Å². The molecular formula is C17H18N2O3. The molecule has 0 fully saturated rings. The van der Waals surface area contributed by atoms with E-state index in [2.05, 4.69) is 5.32 Å². The van der Waals surface area contributed by atoms with Gasteiger partial charge in [0.1, 0.15) is 5.75 Å². The quantitative estimate of drug-likeness (QED) is 0.889. The molecule has 0 aliphatic rings. The molecule has 0 bridgehead atoms. The van der Waals surface area contributed by atoms with E-state index in [4.69, 9.17) is 10.5 Å². The lowest BCUT2D eigenvalue weighted by Gasteiger charge is -2.11. The lowest BCUT2D eigenvalue weighted by Crippen LogP contribution is -2.22. The van der Waals surface area contributed by atoms with E-state index in [-0.39, 0.29) is 18.1 Å². The van der Waals surface area contributed by atoms with Gasteiger partial charge < -0.3 is 15.8 Å². The number of carbonyl (C=O) groups excluding carboxylic acids is 2. The molecule has 0 aromatic heterocycles. The summed E-state index contributed by atoms with van der Waals surface area (Å²) in [5.74, 6) is -0.595. The first-order valence-corrected chi connectivity index (χ1v) is 6.86. The van der Waals surface area contributed by atoms with E-state index in [1.807, 2.05) is 32.0 Å². The zero-order chi connectivity index (χ0) is 16.1. The number of para-hydroxylation sites is 1. The smallest absolute Gasteiger partial charge is 0.262 e. The third kappa shape index (κ3) is 3.85. The van der Waals surface area contributed by atoms with Crippen LogP contribution in [-0.2, 0) is 4.79 Å². The number of nitrogens with one attached hydrogen (secondary N) is 1. The number of amides is 2. The Morgan fingerprint density at radius 3 is 2.55 bits per heavy atom. The minimum Gasteiger partial charge on any atom is -0.483 e. The van der Waals surface area contributed by atoms with Crippen molar-refractivity contribution in [2.75, 3.05) is 11.9 Å². The Hall–Kier alpha value is -2.82. The summed E-state index contributed by atoms with van der Waals surface area (Å²) in [5, 5.41) is 2.78. The Morgan fingerprint density at radius 2 is 1.86 bits per heavy atom. The van der Waals surface area contributed by atoms with Crippen LogP contribution in [0.15, 0.2) is 42.5 Å². The minimum absolute atomic E-state index is 0.197. The number of hydrogen-bond donors (Lipinski definition) is 2. The van der Waals surface area contributed by atoms with E-state index in [9.17, 15) is 9.59 Å². The number of anilines is 1. The van der Waals surface area contributed by atoms with Crippen LogP contribution in [0.3, 0.4) is 0 Å². The molecule has 0 aliphatic carbocycles. The average Bonchev–Trinajstić information content (AvgIpc) is 2.48. The first-order valence-electron chi connectivity index (χ1n) is 6.86. The zero-order valence-corrected chi connectivity index (χ0v) is 12.6. The van der Waals surface area contributed by atoms with Gasteiger partial charge in [0, 0.05) is 5.69 Å². The molecule has 0 spiro atoms. The molecule has 0 aliphatic heterocycles. The Kier molecular flexibility index (Phi) is 4.78. The Bertz CT molecular complexity index is 711. The fourth-order valence-corrected chi connectivity index (χ4v) is 2.08. The lowest BCUT2D eigenvalue weighted by atomic mass is 10.1. The molecule has 0 saturated heterocycles. The van der Waals surface area contributed by atoms with E-state index >= 15 is 0 Å². The Balaban J connectivity index is 2.00. The molecule has 2 rings (SSSR count). The van der Waals surface area contributed by atoms with Crippen LogP contribution in [0, 0.1) is 13.8 Å². The standard InChI is InChI=1S/C17H18N2O3/c1-11-7-8-14(12(2)9-11)19-16(20)10-22-15-6-4-3-5-13(15)17(18)21/h3-9H,10H2,1-2H3,(H2,18,21)(H,19,20). The number of rotatable bonds is 5. The van der Waals surface area contributed by atoms with Crippen molar-refractivity contribution in [3.63, 3.8) is 0 Å². The van der Waals surface area contributed by atoms with Crippen molar-refractivity contribution in [1.29, 1.82) is 0 Å². The highest BCUT2D eigenvalue weighted by Gasteiger charge is 2.11. The highest BCUT2D eigenvalue weighted by Crippen LogP contribution is 2.18. The fourth-order valence-electron chi connectivity index (χ4n) is 2.08. The maximum absolute atomic E-state index is 12.0. The number of nitrogens with two attached hydrogens (primary N) is 1. The van der Waals surface area contributed by atoms with Crippen LogP contribution < -0.4 is 15.8 Å². The third-order valence-electron chi connectivity index (χ3n) is 3.17. The Labute approximate surface area is 129 Å². The van der Waals surface area contributed by atoms with Crippen LogP contribution in [0.25, 0.3) is 0 Å². The molecule has 0 unspecified atom stereocenters. The molecule has 2 aromatic rings. The summed E-state index contributed by atoms with van der Waals surface area (Å²) in [6.07, 6.45) is 0. The number of benzene rings is 2. The van der Waals surface area contributed by atoms with Gasteiger partial charge in [0.05, 0.1) is 5.56 Å². The van der Waals surface area contributed by atoms with Crippen LogP contribution in [0.5, 0.6) is 5.75 Å². The molecule has 2 amide bonds. The first kappa shape index (κ1) is 15.6. The van der Waals surface area contributed by atoms with E-state index in [0.717, 1.165) is 16.8 Å².